The molecule has 3 nitrogen and oxygen atoms in total. The predicted octanol–water partition coefficient (Wildman–Crippen LogP) is 3.50. The fourth-order valence-electron chi connectivity index (χ4n) is 1.95. The smallest absolute Gasteiger partial charge is 0.258 e. The first-order chi connectivity index (χ1) is 10.0. The second-order valence-electron chi connectivity index (χ2n) is 4.44. The fraction of sp³-hybridized carbons (Fsp3) is 0.125. The van der Waals surface area contributed by atoms with Gasteiger partial charge in [-0.1, -0.05) is 41.9 Å². The third kappa shape index (κ3) is 3.28. The predicted molar refractivity (Wildman–Crippen MR) is 80.7 cm³/mol. The maximum atomic E-state index is 12.6. The summed E-state index contributed by atoms with van der Waals surface area (Å²) in [6, 6.07) is 13.2. The third-order valence-corrected chi connectivity index (χ3v) is 3.32. The number of carbonyl (C=O) groups excluding carboxylic acids is 2. The van der Waals surface area contributed by atoms with E-state index in [1.165, 1.54) is 19.2 Å². The van der Waals surface area contributed by atoms with Crippen LogP contribution in [-0.2, 0) is 4.79 Å². The van der Waals surface area contributed by atoms with Crippen molar-refractivity contribution in [2.75, 3.05) is 18.6 Å². The number of ketones is 1. The highest BCUT2D eigenvalue weighted by Gasteiger charge is 2.20. The van der Waals surface area contributed by atoms with Crippen molar-refractivity contribution in [3.63, 3.8) is 0 Å². The van der Waals surface area contributed by atoms with Gasteiger partial charge in [-0.15, -0.1) is 0 Å². The molecule has 21 heavy (non-hydrogen) atoms. The summed E-state index contributed by atoms with van der Waals surface area (Å²) in [6.07, 6.45) is 0. The summed E-state index contributed by atoms with van der Waals surface area (Å²) >= 11 is 5.94. The Hall–Kier alpha value is -2.20. The van der Waals surface area contributed by atoms with Gasteiger partial charge < -0.3 is 4.90 Å². The van der Waals surface area contributed by atoms with Crippen LogP contribution in [0.2, 0.25) is 5.02 Å². The zero-order valence-corrected chi connectivity index (χ0v) is 12.1. The summed E-state index contributed by atoms with van der Waals surface area (Å²) in [5.41, 5.74) is 1.07. The van der Waals surface area contributed by atoms with Crippen molar-refractivity contribution < 1.29 is 14.0 Å². The van der Waals surface area contributed by atoms with Gasteiger partial charge in [-0.05, 0) is 18.2 Å². The highest BCUT2D eigenvalue weighted by atomic mass is 35.5. The molecule has 0 radical (unpaired) electrons. The van der Waals surface area contributed by atoms with Crippen LogP contribution in [0.5, 0.6) is 0 Å². The number of anilines is 1. The van der Waals surface area contributed by atoms with Crippen LogP contribution < -0.4 is 4.90 Å². The Morgan fingerprint density at radius 2 is 1.81 bits per heavy atom. The van der Waals surface area contributed by atoms with Crippen molar-refractivity contribution in [2.45, 2.75) is 0 Å². The summed E-state index contributed by atoms with van der Waals surface area (Å²) in [4.78, 5) is 25.2. The quantitative estimate of drug-likeness (QED) is 0.811. The fourth-order valence-corrected chi connectivity index (χ4v) is 2.12. The molecule has 2 aromatic carbocycles. The van der Waals surface area contributed by atoms with Gasteiger partial charge in [0.25, 0.3) is 5.91 Å². The van der Waals surface area contributed by atoms with Gasteiger partial charge >= 0.3 is 0 Å². The maximum absolute atomic E-state index is 12.6. The number of benzene rings is 2. The molecule has 0 aliphatic carbocycles. The Morgan fingerprint density at radius 3 is 2.43 bits per heavy atom. The van der Waals surface area contributed by atoms with E-state index in [0.717, 1.165) is 4.90 Å². The van der Waals surface area contributed by atoms with E-state index >= 15 is 0 Å². The molecule has 0 heterocycles. The van der Waals surface area contributed by atoms with Crippen molar-refractivity contribution in [3.05, 3.63) is 64.7 Å². The molecule has 0 saturated carbocycles. The molecule has 1 amide bonds. The lowest BCUT2D eigenvalue weighted by Crippen LogP contribution is -2.29. The van der Waals surface area contributed by atoms with E-state index in [4.69, 9.17) is 11.6 Å². The highest BCUT2D eigenvalue weighted by Crippen LogP contribution is 2.26. The van der Waals surface area contributed by atoms with Crippen molar-refractivity contribution in [1.29, 1.82) is 0 Å². The Morgan fingerprint density at radius 1 is 1.14 bits per heavy atom. The largest absolute Gasteiger partial charge is 0.312 e. The third-order valence-electron chi connectivity index (χ3n) is 3.09. The number of rotatable bonds is 4. The number of halogens is 2. The van der Waals surface area contributed by atoms with Gasteiger partial charge in [-0.25, -0.2) is 4.39 Å². The van der Waals surface area contributed by atoms with Crippen LogP contribution in [0.25, 0.3) is 0 Å². The van der Waals surface area contributed by atoms with E-state index in [2.05, 4.69) is 0 Å². The van der Waals surface area contributed by atoms with Crippen molar-refractivity contribution in [3.8, 4) is 0 Å². The first-order valence-corrected chi connectivity index (χ1v) is 6.64. The second kappa shape index (κ2) is 6.50. The summed E-state index contributed by atoms with van der Waals surface area (Å²) < 4.78 is 12.6. The minimum absolute atomic E-state index is 0.262. The standard InChI is InChI=1S/C16H13ClFNO2/c1-19(15(20)10-18)14-8-7-12(17)9-13(14)16(21)11-5-3-2-4-6-11/h2-9H,10H2,1H3. The lowest BCUT2D eigenvalue weighted by molar-refractivity contribution is -0.119. The first-order valence-electron chi connectivity index (χ1n) is 6.26. The highest BCUT2D eigenvalue weighted by molar-refractivity contribution is 6.31. The molecule has 0 aliphatic heterocycles. The molecule has 0 fully saturated rings. The Labute approximate surface area is 126 Å². The molecule has 0 aromatic heterocycles. The van der Waals surface area contributed by atoms with Crippen LogP contribution in [0.15, 0.2) is 48.5 Å². The van der Waals surface area contributed by atoms with Gasteiger partial charge in [0, 0.05) is 23.2 Å². The molecule has 0 atom stereocenters. The molecule has 5 heteroatoms. The van der Waals surface area contributed by atoms with Crippen LogP contribution in [0.3, 0.4) is 0 Å². The van der Waals surface area contributed by atoms with Crippen molar-refractivity contribution in [1.82, 2.24) is 0 Å². The Balaban J connectivity index is 2.50. The second-order valence-corrected chi connectivity index (χ2v) is 4.88. The first kappa shape index (κ1) is 15.2. The van der Waals surface area contributed by atoms with E-state index in [-0.39, 0.29) is 11.3 Å². The van der Waals surface area contributed by atoms with Crippen LogP contribution in [0, 0.1) is 0 Å². The molecule has 0 unspecified atom stereocenters. The minimum atomic E-state index is -1.13. The maximum Gasteiger partial charge on any atom is 0.258 e. The van der Waals surface area contributed by atoms with E-state index < -0.39 is 12.6 Å². The summed E-state index contributed by atoms with van der Waals surface area (Å²) in [5.74, 6) is -0.994. The van der Waals surface area contributed by atoms with Gasteiger partial charge in [0.2, 0.25) is 0 Å². The van der Waals surface area contributed by atoms with Gasteiger partial charge in [0.15, 0.2) is 12.5 Å². The molecule has 0 saturated heterocycles. The lowest BCUT2D eigenvalue weighted by Gasteiger charge is -2.19. The van der Waals surface area contributed by atoms with Gasteiger partial charge in [-0.2, -0.15) is 0 Å². The number of nitrogens with zero attached hydrogens (tertiary/aromatic N) is 1. The molecular weight excluding hydrogens is 293 g/mol. The average molecular weight is 306 g/mol. The Kier molecular flexibility index (Phi) is 4.70. The SMILES string of the molecule is CN(C(=O)CF)c1ccc(Cl)cc1C(=O)c1ccccc1. The molecule has 2 aromatic rings. The Bertz CT molecular complexity index is 673. The molecule has 0 spiro atoms. The minimum Gasteiger partial charge on any atom is -0.312 e. The zero-order chi connectivity index (χ0) is 15.4. The van der Waals surface area contributed by atoms with Gasteiger partial charge in [0.05, 0.1) is 5.69 Å². The summed E-state index contributed by atoms with van der Waals surface area (Å²) in [7, 11) is 1.42. The van der Waals surface area contributed by atoms with Crippen molar-refractivity contribution >= 4 is 29.0 Å². The monoisotopic (exact) mass is 305 g/mol. The van der Waals surface area contributed by atoms with Crippen LogP contribution >= 0.6 is 11.6 Å². The van der Waals surface area contributed by atoms with E-state index in [0.29, 0.717) is 16.3 Å². The van der Waals surface area contributed by atoms with E-state index in [1.54, 1.807) is 36.4 Å². The zero-order valence-electron chi connectivity index (χ0n) is 11.3. The average Bonchev–Trinajstić information content (AvgIpc) is 2.53. The van der Waals surface area contributed by atoms with Crippen LogP contribution in [-0.4, -0.2) is 25.4 Å². The molecule has 108 valence electrons. The normalized spacial score (nSPS) is 10.2. The number of hydrogen-bond acceptors (Lipinski definition) is 2. The van der Waals surface area contributed by atoms with Crippen LogP contribution in [0.4, 0.5) is 10.1 Å². The van der Waals surface area contributed by atoms with Gasteiger partial charge in [0.1, 0.15) is 0 Å². The van der Waals surface area contributed by atoms with E-state index in [1.807, 2.05) is 0 Å². The molecular formula is C16H13ClFNO2. The molecule has 0 aliphatic rings. The summed E-state index contributed by atoms with van der Waals surface area (Å²) in [6.45, 7) is -1.13. The molecule has 0 N–H and O–H groups in total. The number of carbonyl (C=O) groups is 2. The topological polar surface area (TPSA) is 37.4 Å². The molecule has 0 bridgehead atoms. The van der Waals surface area contributed by atoms with Crippen LogP contribution in [0.1, 0.15) is 15.9 Å². The molecule has 2 rings (SSSR count). The van der Waals surface area contributed by atoms with E-state index in [9.17, 15) is 14.0 Å². The van der Waals surface area contributed by atoms with Gasteiger partial charge in [-0.3, -0.25) is 9.59 Å². The summed E-state index contributed by atoms with van der Waals surface area (Å²) in [5, 5.41) is 0.374. The number of alkyl halides is 1. The lowest BCUT2D eigenvalue weighted by atomic mass is 10.0. The van der Waals surface area contributed by atoms with Crippen molar-refractivity contribution in [2.24, 2.45) is 0 Å². The number of hydrogen-bond donors (Lipinski definition) is 0. The number of amides is 1.